The molecule has 1 fully saturated rings. The zero-order valence-corrected chi connectivity index (χ0v) is 10.7. The molecule has 2 heteroatoms. The summed E-state index contributed by atoms with van der Waals surface area (Å²) in [7, 11) is 0. The van der Waals surface area contributed by atoms with Crippen LogP contribution in [0.15, 0.2) is 29.3 Å². The largest absolute Gasteiger partial charge is 0.387 e. The first-order chi connectivity index (χ1) is 8.29. The van der Waals surface area contributed by atoms with E-state index in [0.717, 1.165) is 17.9 Å². The van der Waals surface area contributed by atoms with Gasteiger partial charge < -0.3 is 5.73 Å². The van der Waals surface area contributed by atoms with Gasteiger partial charge in [-0.3, -0.25) is 0 Å². The molecule has 0 bridgehead atoms. The van der Waals surface area contributed by atoms with Crippen LogP contribution in [0.1, 0.15) is 44.6 Å². The van der Waals surface area contributed by atoms with Crippen molar-refractivity contribution >= 4 is 11.5 Å². The van der Waals surface area contributed by atoms with Gasteiger partial charge in [-0.2, -0.15) is 0 Å². The fourth-order valence-electron chi connectivity index (χ4n) is 2.49. The third-order valence-electron chi connectivity index (χ3n) is 3.51. The van der Waals surface area contributed by atoms with E-state index in [9.17, 15) is 0 Å². The molecule has 1 aliphatic rings. The maximum Gasteiger partial charge on any atom is 0.103 e. The highest BCUT2D eigenvalue weighted by Gasteiger charge is 2.18. The first kappa shape index (κ1) is 12.2. The van der Waals surface area contributed by atoms with Crippen LogP contribution >= 0.6 is 0 Å². The zero-order valence-electron chi connectivity index (χ0n) is 10.7. The fourth-order valence-corrected chi connectivity index (χ4v) is 2.49. The Morgan fingerprint density at radius 2 is 1.88 bits per heavy atom. The molecule has 0 heterocycles. The molecule has 0 atom stereocenters. The van der Waals surface area contributed by atoms with Gasteiger partial charge in [0.1, 0.15) is 5.84 Å². The summed E-state index contributed by atoms with van der Waals surface area (Å²) in [5, 5.41) is 0. The average Bonchev–Trinajstić information content (AvgIpc) is 2.86. The van der Waals surface area contributed by atoms with E-state index >= 15 is 0 Å². The number of aliphatic imine (C=N–C) groups is 1. The van der Waals surface area contributed by atoms with Gasteiger partial charge in [-0.25, -0.2) is 4.99 Å². The van der Waals surface area contributed by atoms with E-state index in [1.165, 1.54) is 37.7 Å². The van der Waals surface area contributed by atoms with Crippen LogP contribution in [0, 0.1) is 5.92 Å². The molecule has 1 aromatic rings. The average molecular weight is 230 g/mol. The van der Waals surface area contributed by atoms with E-state index in [1.54, 1.807) is 0 Å². The number of hydrogen-bond acceptors (Lipinski definition) is 1. The fraction of sp³-hybridized carbons (Fsp3) is 0.533. The Kier molecular flexibility index (Phi) is 4.18. The van der Waals surface area contributed by atoms with Crippen LogP contribution in [0.2, 0.25) is 0 Å². The minimum absolute atomic E-state index is 0.519. The van der Waals surface area contributed by atoms with Gasteiger partial charge in [0.25, 0.3) is 0 Å². The highest BCUT2D eigenvalue weighted by Crippen LogP contribution is 2.26. The number of rotatable bonds is 4. The molecule has 1 aliphatic carbocycles. The summed E-state index contributed by atoms with van der Waals surface area (Å²) in [5.41, 5.74) is 8.43. The van der Waals surface area contributed by atoms with Crippen molar-refractivity contribution in [1.82, 2.24) is 0 Å². The third-order valence-corrected chi connectivity index (χ3v) is 3.51. The van der Waals surface area contributed by atoms with Crippen molar-refractivity contribution in [2.45, 2.75) is 45.4 Å². The van der Waals surface area contributed by atoms with Gasteiger partial charge in [0.05, 0.1) is 5.69 Å². The minimum atomic E-state index is 0.519. The standard InChI is InChI=1S/C15H22N2/c1-2-5-12-8-10-14(11-9-12)17-15(16)13-6-3-4-7-13/h8-11,13H,2-7H2,1H3,(H2,16,17). The Labute approximate surface area is 104 Å². The minimum Gasteiger partial charge on any atom is -0.387 e. The lowest BCUT2D eigenvalue weighted by Gasteiger charge is -2.08. The van der Waals surface area contributed by atoms with Gasteiger partial charge in [0.2, 0.25) is 0 Å². The first-order valence-electron chi connectivity index (χ1n) is 6.72. The normalized spacial score (nSPS) is 17.6. The van der Waals surface area contributed by atoms with Crippen LogP contribution in [-0.2, 0) is 6.42 Å². The van der Waals surface area contributed by atoms with Crippen LogP contribution < -0.4 is 5.73 Å². The molecule has 1 aromatic carbocycles. The lowest BCUT2D eigenvalue weighted by molar-refractivity contribution is 0.722. The molecule has 0 saturated heterocycles. The van der Waals surface area contributed by atoms with Gasteiger partial charge in [-0.05, 0) is 37.0 Å². The lowest BCUT2D eigenvalue weighted by Crippen LogP contribution is -2.20. The van der Waals surface area contributed by atoms with Crippen molar-refractivity contribution in [2.75, 3.05) is 0 Å². The molecule has 0 spiro atoms. The van der Waals surface area contributed by atoms with Crippen LogP contribution in [-0.4, -0.2) is 5.84 Å². The SMILES string of the molecule is CCCc1ccc(N=C(N)C2CCCC2)cc1. The second kappa shape index (κ2) is 5.85. The van der Waals surface area contributed by atoms with Crippen LogP contribution in [0.25, 0.3) is 0 Å². The van der Waals surface area contributed by atoms with Crippen molar-refractivity contribution in [1.29, 1.82) is 0 Å². The second-order valence-corrected chi connectivity index (χ2v) is 4.93. The Balaban J connectivity index is 2.04. The number of nitrogens with two attached hydrogens (primary N) is 1. The smallest absolute Gasteiger partial charge is 0.103 e. The summed E-state index contributed by atoms with van der Waals surface area (Å²) >= 11 is 0. The highest BCUT2D eigenvalue weighted by atomic mass is 14.9. The number of nitrogens with zero attached hydrogens (tertiary/aromatic N) is 1. The number of amidine groups is 1. The second-order valence-electron chi connectivity index (χ2n) is 4.93. The molecule has 2 nitrogen and oxygen atoms in total. The van der Waals surface area contributed by atoms with Crippen LogP contribution in [0.5, 0.6) is 0 Å². The third kappa shape index (κ3) is 3.32. The van der Waals surface area contributed by atoms with Gasteiger partial charge in [-0.1, -0.05) is 38.3 Å². The Bertz CT molecular complexity index is 372. The predicted molar refractivity (Wildman–Crippen MR) is 73.7 cm³/mol. The predicted octanol–water partition coefficient (Wildman–Crippen LogP) is 3.82. The van der Waals surface area contributed by atoms with Crippen molar-refractivity contribution in [3.05, 3.63) is 29.8 Å². The maximum absolute atomic E-state index is 6.06. The van der Waals surface area contributed by atoms with Gasteiger partial charge in [0.15, 0.2) is 0 Å². The quantitative estimate of drug-likeness (QED) is 0.619. The molecule has 0 unspecified atom stereocenters. The van der Waals surface area contributed by atoms with E-state index in [-0.39, 0.29) is 0 Å². The summed E-state index contributed by atoms with van der Waals surface area (Å²) in [6, 6.07) is 8.47. The Morgan fingerprint density at radius 3 is 2.47 bits per heavy atom. The molecule has 1 saturated carbocycles. The lowest BCUT2D eigenvalue weighted by atomic mass is 10.1. The number of hydrogen-bond donors (Lipinski definition) is 1. The first-order valence-corrected chi connectivity index (χ1v) is 6.72. The van der Waals surface area contributed by atoms with E-state index in [1.807, 2.05) is 0 Å². The molecule has 0 amide bonds. The van der Waals surface area contributed by atoms with Crippen molar-refractivity contribution in [3.8, 4) is 0 Å². The highest BCUT2D eigenvalue weighted by molar-refractivity contribution is 5.85. The molecule has 0 aliphatic heterocycles. The number of benzene rings is 1. The molecule has 17 heavy (non-hydrogen) atoms. The summed E-state index contributed by atoms with van der Waals surface area (Å²) in [4.78, 5) is 4.54. The maximum atomic E-state index is 6.06. The summed E-state index contributed by atoms with van der Waals surface area (Å²) in [5.74, 6) is 1.34. The van der Waals surface area contributed by atoms with Gasteiger partial charge >= 0.3 is 0 Å². The van der Waals surface area contributed by atoms with E-state index in [2.05, 4.69) is 36.2 Å². The summed E-state index contributed by atoms with van der Waals surface area (Å²) < 4.78 is 0. The van der Waals surface area contributed by atoms with E-state index in [4.69, 9.17) is 5.73 Å². The molecule has 2 N–H and O–H groups in total. The van der Waals surface area contributed by atoms with E-state index in [0.29, 0.717) is 5.92 Å². The molecule has 0 radical (unpaired) electrons. The molecule has 92 valence electrons. The van der Waals surface area contributed by atoms with Gasteiger partial charge in [0, 0.05) is 5.92 Å². The zero-order chi connectivity index (χ0) is 12.1. The Morgan fingerprint density at radius 1 is 1.24 bits per heavy atom. The van der Waals surface area contributed by atoms with Crippen molar-refractivity contribution < 1.29 is 0 Å². The van der Waals surface area contributed by atoms with Crippen LogP contribution in [0.3, 0.4) is 0 Å². The van der Waals surface area contributed by atoms with E-state index < -0.39 is 0 Å². The van der Waals surface area contributed by atoms with Crippen molar-refractivity contribution in [2.24, 2.45) is 16.6 Å². The monoisotopic (exact) mass is 230 g/mol. The molecule has 2 rings (SSSR count). The van der Waals surface area contributed by atoms with Crippen LogP contribution in [0.4, 0.5) is 5.69 Å². The molecule has 0 aromatic heterocycles. The Hall–Kier alpha value is -1.31. The van der Waals surface area contributed by atoms with Crippen molar-refractivity contribution in [3.63, 3.8) is 0 Å². The number of aryl methyl sites for hydroxylation is 1. The summed E-state index contributed by atoms with van der Waals surface area (Å²) in [6.45, 7) is 2.20. The molecular formula is C15H22N2. The summed E-state index contributed by atoms with van der Waals surface area (Å²) in [6.07, 6.45) is 7.36. The molecular weight excluding hydrogens is 208 g/mol. The van der Waals surface area contributed by atoms with Gasteiger partial charge in [-0.15, -0.1) is 0 Å². The topological polar surface area (TPSA) is 38.4 Å².